The average molecular weight is 154 g/mol. The van der Waals surface area contributed by atoms with Gasteiger partial charge < -0.3 is 9.90 Å². The monoisotopic (exact) mass is 154 g/mol. The summed E-state index contributed by atoms with van der Waals surface area (Å²) in [5.74, 6) is 0. The predicted octanol–water partition coefficient (Wildman–Crippen LogP) is -1.22. The summed E-state index contributed by atoms with van der Waals surface area (Å²) in [5.41, 5.74) is -1.98. The molecule has 0 aliphatic carbocycles. The molecule has 0 heterocycles. The standard InChI is InChI=1S/C3H6O5S/c4-2-1-3(5)9(6,7)8/h2-3,5H,1H2,(H,6,7,8). The van der Waals surface area contributed by atoms with E-state index in [1.54, 1.807) is 0 Å². The summed E-state index contributed by atoms with van der Waals surface area (Å²) in [6.07, 6.45) is -0.392. The highest BCUT2D eigenvalue weighted by Crippen LogP contribution is 1.95. The molecule has 0 fully saturated rings. The van der Waals surface area contributed by atoms with Crippen LogP contribution in [0.5, 0.6) is 0 Å². The average Bonchev–Trinajstić information content (AvgIpc) is 1.64. The van der Waals surface area contributed by atoms with Crippen molar-refractivity contribution < 1.29 is 22.9 Å². The largest absolute Gasteiger partial charge is 0.375 e. The zero-order valence-electron chi connectivity index (χ0n) is 4.39. The van der Waals surface area contributed by atoms with E-state index in [-0.39, 0.29) is 6.29 Å². The Labute approximate surface area is 52.1 Å². The SMILES string of the molecule is O=CCC(O)S(=O)(=O)O. The van der Waals surface area contributed by atoms with Crippen LogP contribution in [0.1, 0.15) is 6.42 Å². The summed E-state index contributed by atoms with van der Waals surface area (Å²) in [4.78, 5) is 9.53. The van der Waals surface area contributed by atoms with Gasteiger partial charge in [0.2, 0.25) is 0 Å². The molecule has 2 N–H and O–H groups in total. The third-order valence-electron chi connectivity index (χ3n) is 0.642. The van der Waals surface area contributed by atoms with Crippen LogP contribution in [0.4, 0.5) is 0 Å². The summed E-state index contributed by atoms with van der Waals surface area (Å²) in [5, 5.41) is 8.32. The van der Waals surface area contributed by atoms with E-state index in [0.29, 0.717) is 0 Å². The van der Waals surface area contributed by atoms with Crippen LogP contribution in [0.2, 0.25) is 0 Å². The zero-order valence-corrected chi connectivity index (χ0v) is 5.21. The fraction of sp³-hybridized carbons (Fsp3) is 0.667. The maximum absolute atomic E-state index is 9.87. The summed E-state index contributed by atoms with van der Waals surface area (Å²) in [7, 11) is -4.44. The lowest BCUT2D eigenvalue weighted by Gasteiger charge is -1.99. The van der Waals surface area contributed by atoms with E-state index in [0.717, 1.165) is 0 Å². The Bertz CT molecular complexity index is 180. The van der Waals surface area contributed by atoms with E-state index in [1.807, 2.05) is 0 Å². The van der Waals surface area contributed by atoms with Crippen molar-refractivity contribution in [2.75, 3.05) is 0 Å². The second-order valence-electron chi connectivity index (χ2n) is 1.37. The molecule has 0 aromatic carbocycles. The summed E-state index contributed by atoms with van der Waals surface area (Å²) >= 11 is 0. The van der Waals surface area contributed by atoms with E-state index >= 15 is 0 Å². The molecule has 54 valence electrons. The molecule has 1 unspecified atom stereocenters. The van der Waals surface area contributed by atoms with Gasteiger partial charge in [0.15, 0.2) is 5.44 Å². The molecule has 0 radical (unpaired) electrons. The van der Waals surface area contributed by atoms with Gasteiger partial charge in [-0.3, -0.25) is 4.55 Å². The topological polar surface area (TPSA) is 91.7 Å². The molecule has 0 spiro atoms. The van der Waals surface area contributed by atoms with Gasteiger partial charge in [-0.15, -0.1) is 0 Å². The molecule has 9 heavy (non-hydrogen) atoms. The van der Waals surface area contributed by atoms with Gasteiger partial charge in [0.1, 0.15) is 6.29 Å². The van der Waals surface area contributed by atoms with Gasteiger partial charge in [0.25, 0.3) is 10.1 Å². The minimum Gasteiger partial charge on any atom is -0.375 e. The summed E-state index contributed by atoms with van der Waals surface area (Å²) < 4.78 is 27.7. The zero-order chi connectivity index (χ0) is 7.49. The second-order valence-corrected chi connectivity index (χ2v) is 2.95. The number of carbonyl (C=O) groups is 1. The van der Waals surface area contributed by atoms with E-state index in [1.165, 1.54) is 0 Å². The van der Waals surface area contributed by atoms with Crippen molar-refractivity contribution in [2.45, 2.75) is 11.9 Å². The Morgan fingerprint density at radius 1 is 1.56 bits per heavy atom. The van der Waals surface area contributed by atoms with Gasteiger partial charge in [-0.25, -0.2) is 0 Å². The molecule has 0 saturated heterocycles. The van der Waals surface area contributed by atoms with Gasteiger partial charge in [-0.05, 0) is 0 Å². The van der Waals surface area contributed by atoms with Crippen LogP contribution in [0.3, 0.4) is 0 Å². The van der Waals surface area contributed by atoms with E-state index in [9.17, 15) is 13.2 Å². The molecule has 0 rings (SSSR count). The fourth-order valence-corrected chi connectivity index (χ4v) is 0.526. The predicted molar refractivity (Wildman–Crippen MR) is 28.2 cm³/mol. The Morgan fingerprint density at radius 3 is 2.11 bits per heavy atom. The van der Waals surface area contributed by atoms with Crippen molar-refractivity contribution >= 4 is 16.4 Å². The highest BCUT2D eigenvalue weighted by atomic mass is 32.2. The number of aldehydes is 1. The molecule has 0 amide bonds. The molecular weight excluding hydrogens is 148 g/mol. The van der Waals surface area contributed by atoms with Crippen molar-refractivity contribution in [1.29, 1.82) is 0 Å². The van der Waals surface area contributed by atoms with E-state index in [4.69, 9.17) is 9.66 Å². The number of carbonyl (C=O) groups excluding carboxylic acids is 1. The smallest absolute Gasteiger partial charge is 0.292 e. The van der Waals surface area contributed by atoms with E-state index in [2.05, 4.69) is 0 Å². The van der Waals surface area contributed by atoms with Gasteiger partial charge in [-0.1, -0.05) is 0 Å². The Balaban J connectivity index is 4.05. The third-order valence-corrected chi connectivity index (χ3v) is 1.52. The van der Waals surface area contributed by atoms with Crippen LogP contribution < -0.4 is 0 Å². The van der Waals surface area contributed by atoms with Crippen LogP contribution in [-0.2, 0) is 14.9 Å². The maximum atomic E-state index is 9.87. The van der Waals surface area contributed by atoms with Crippen LogP contribution in [0, 0.1) is 0 Å². The first-order valence-corrected chi connectivity index (χ1v) is 3.57. The normalized spacial score (nSPS) is 14.9. The highest BCUT2D eigenvalue weighted by Gasteiger charge is 2.17. The van der Waals surface area contributed by atoms with Crippen molar-refractivity contribution in [3.05, 3.63) is 0 Å². The minimum atomic E-state index is -4.44. The van der Waals surface area contributed by atoms with Crippen LogP contribution in [0.25, 0.3) is 0 Å². The van der Waals surface area contributed by atoms with Crippen molar-refractivity contribution in [1.82, 2.24) is 0 Å². The lowest BCUT2D eigenvalue weighted by atomic mass is 10.5. The number of hydrogen-bond acceptors (Lipinski definition) is 4. The lowest BCUT2D eigenvalue weighted by molar-refractivity contribution is -0.108. The summed E-state index contributed by atoms with van der Waals surface area (Å²) in [6, 6.07) is 0. The van der Waals surface area contributed by atoms with Crippen LogP contribution >= 0.6 is 0 Å². The Morgan fingerprint density at radius 2 is 2.00 bits per heavy atom. The molecule has 0 saturated carbocycles. The summed E-state index contributed by atoms with van der Waals surface area (Å²) in [6.45, 7) is 0. The quantitative estimate of drug-likeness (QED) is 0.392. The van der Waals surface area contributed by atoms with Crippen LogP contribution in [0.15, 0.2) is 0 Å². The third kappa shape index (κ3) is 3.17. The number of hydrogen-bond donors (Lipinski definition) is 2. The molecule has 6 heteroatoms. The second kappa shape index (κ2) is 2.90. The Kier molecular flexibility index (Phi) is 2.75. The minimum absolute atomic E-state index is 0.207. The van der Waals surface area contributed by atoms with Gasteiger partial charge >= 0.3 is 0 Å². The molecular formula is C3H6O5S. The first-order chi connectivity index (χ1) is 3.98. The first kappa shape index (κ1) is 8.54. The van der Waals surface area contributed by atoms with Crippen LogP contribution in [-0.4, -0.2) is 29.8 Å². The molecule has 1 atom stereocenters. The van der Waals surface area contributed by atoms with Gasteiger partial charge in [-0.2, -0.15) is 8.42 Å². The number of rotatable bonds is 3. The van der Waals surface area contributed by atoms with Crippen molar-refractivity contribution in [3.63, 3.8) is 0 Å². The number of aliphatic hydroxyl groups excluding tert-OH is 1. The van der Waals surface area contributed by atoms with Gasteiger partial charge in [0.05, 0.1) is 0 Å². The number of aliphatic hydroxyl groups is 1. The highest BCUT2D eigenvalue weighted by molar-refractivity contribution is 7.86. The van der Waals surface area contributed by atoms with Gasteiger partial charge in [0, 0.05) is 6.42 Å². The molecule has 5 nitrogen and oxygen atoms in total. The molecule has 0 aliphatic heterocycles. The Hall–Kier alpha value is -0.460. The molecule has 0 aliphatic rings. The molecule has 0 bridgehead atoms. The lowest BCUT2D eigenvalue weighted by Crippen LogP contribution is -2.19. The maximum Gasteiger partial charge on any atom is 0.292 e. The van der Waals surface area contributed by atoms with E-state index < -0.39 is 22.0 Å². The van der Waals surface area contributed by atoms with Crippen molar-refractivity contribution in [3.8, 4) is 0 Å². The molecule has 0 aromatic heterocycles. The molecule has 0 aromatic rings. The first-order valence-electron chi connectivity index (χ1n) is 2.06. The fourth-order valence-electron chi connectivity index (χ4n) is 0.204. The van der Waals surface area contributed by atoms with Crippen molar-refractivity contribution in [2.24, 2.45) is 0 Å².